The molecule has 5 nitrogen and oxygen atoms in total. The summed E-state index contributed by atoms with van der Waals surface area (Å²) in [6.07, 6.45) is 0. The van der Waals surface area contributed by atoms with E-state index in [0.717, 1.165) is 12.6 Å². The van der Waals surface area contributed by atoms with Crippen molar-refractivity contribution in [3.05, 3.63) is 22.4 Å². The molecule has 2 N–H and O–H groups in total. The van der Waals surface area contributed by atoms with E-state index >= 15 is 0 Å². The lowest BCUT2D eigenvalue weighted by molar-refractivity contribution is 0.400. The van der Waals surface area contributed by atoms with Crippen molar-refractivity contribution >= 4 is 38.4 Å². The second-order valence-electron chi connectivity index (χ2n) is 3.67. The van der Waals surface area contributed by atoms with Gasteiger partial charge in [-0.15, -0.1) is 12.4 Å². The van der Waals surface area contributed by atoms with E-state index in [4.69, 9.17) is 4.74 Å². The van der Waals surface area contributed by atoms with E-state index in [1.807, 2.05) is 6.92 Å². The van der Waals surface area contributed by atoms with Gasteiger partial charge < -0.3 is 10.1 Å². The van der Waals surface area contributed by atoms with Crippen LogP contribution in [0.1, 0.15) is 6.92 Å². The molecule has 0 aliphatic carbocycles. The molecule has 0 saturated carbocycles. The van der Waals surface area contributed by atoms with Gasteiger partial charge in [0.25, 0.3) is 0 Å². The quantitative estimate of drug-likeness (QED) is 0.697. The largest absolute Gasteiger partial charge is 0.495 e. The second kappa shape index (κ2) is 8.78. The summed E-state index contributed by atoms with van der Waals surface area (Å²) in [6, 6.07) is 2.21. The molecule has 0 atom stereocenters. The maximum Gasteiger partial charge on any atom is 0.244 e. The van der Waals surface area contributed by atoms with Crippen molar-refractivity contribution in [1.29, 1.82) is 0 Å². The molecule has 0 heterocycles. The molecule has 0 unspecified atom stereocenters. The Balaban J connectivity index is 0.00000361. The van der Waals surface area contributed by atoms with E-state index in [0.29, 0.717) is 6.54 Å². The molecule has 0 amide bonds. The summed E-state index contributed by atoms with van der Waals surface area (Å²) in [5, 5.41) is 2.98. The third-order valence-electron chi connectivity index (χ3n) is 2.34. The second-order valence-corrected chi connectivity index (χ2v) is 6.26. The van der Waals surface area contributed by atoms with Crippen LogP contribution in [0.4, 0.5) is 4.39 Å². The zero-order valence-corrected chi connectivity index (χ0v) is 14.3. The van der Waals surface area contributed by atoms with E-state index in [9.17, 15) is 12.8 Å². The third-order valence-corrected chi connectivity index (χ3v) is 4.43. The van der Waals surface area contributed by atoms with Gasteiger partial charge >= 0.3 is 0 Å². The van der Waals surface area contributed by atoms with E-state index in [-0.39, 0.29) is 34.1 Å². The molecule has 9 heteroatoms. The predicted molar refractivity (Wildman–Crippen MR) is 81.6 cm³/mol. The number of hydrogen-bond acceptors (Lipinski definition) is 4. The van der Waals surface area contributed by atoms with E-state index < -0.39 is 15.8 Å². The monoisotopic (exact) mass is 390 g/mol. The average Bonchev–Trinajstić information content (AvgIpc) is 2.37. The van der Waals surface area contributed by atoms with Crippen LogP contribution in [0.15, 0.2) is 21.5 Å². The van der Waals surface area contributed by atoms with E-state index in [1.54, 1.807) is 0 Å². The minimum atomic E-state index is -3.80. The number of methoxy groups -OCH3 is 1. The van der Waals surface area contributed by atoms with Crippen LogP contribution < -0.4 is 14.8 Å². The number of nitrogens with one attached hydrogen (secondary N) is 2. The van der Waals surface area contributed by atoms with Crippen LogP contribution in [0.2, 0.25) is 0 Å². The fourth-order valence-electron chi connectivity index (χ4n) is 1.41. The van der Waals surface area contributed by atoms with Crippen molar-refractivity contribution in [1.82, 2.24) is 10.0 Å². The van der Waals surface area contributed by atoms with Crippen molar-refractivity contribution in [3.63, 3.8) is 0 Å². The van der Waals surface area contributed by atoms with Crippen molar-refractivity contribution < 1.29 is 17.5 Å². The first-order valence-electron chi connectivity index (χ1n) is 5.65. The number of hydrogen-bond donors (Lipinski definition) is 2. The minimum Gasteiger partial charge on any atom is -0.495 e. The van der Waals surface area contributed by atoms with Gasteiger partial charge in [-0.3, -0.25) is 0 Å². The number of rotatable bonds is 7. The highest BCUT2D eigenvalue weighted by atomic mass is 79.9. The standard InChI is InChI=1S/C11H16BrFN2O3S.ClH/c1-3-14-4-5-15-19(16,17)11-7-9(13)8(12)6-10(11)18-2;/h6-7,14-15H,3-5H2,1-2H3;1H. The molecule has 0 fully saturated rings. The van der Waals surface area contributed by atoms with Gasteiger partial charge in [-0.05, 0) is 34.6 Å². The van der Waals surface area contributed by atoms with E-state index in [1.165, 1.54) is 13.2 Å². The van der Waals surface area contributed by atoms with Crippen molar-refractivity contribution in [2.24, 2.45) is 0 Å². The fourth-order valence-corrected chi connectivity index (χ4v) is 2.92. The molecule has 0 aliphatic heterocycles. The highest BCUT2D eigenvalue weighted by molar-refractivity contribution is 9.10. The van der Waals surface area contributed by atoms with Crippen molar-refractivity contribution in [2.75, 3.05) is 26.7 Å². The molecule has 1 aromatic rings. The molecular weight excluding hydrogens is 375 g/mol. The first-order chi connectivity index (χ1) is 8.92. The molecule has 0 spiro atoms. The number of ether oxygens (including phenoxy) is 1. The Morgan fingerprint density at radius 1 is 1.35 bits per heavy atom. The third kappa shape index (κ3) is 5.17. The molecule has 0 saturated heterocycles. The van der Waals surface area contributed by atoms with Gasteiger partial charge in [-0.1, -0.05) is 6.92 Å². The topological polar surface area (TPSA) is 67.4 Å². The summed E-state index contributed by atoms with van der Waals surface area (Å²) in [6.45, 7) is 3.38. The van der Waals surface area contributed by atoms with Crippen LogP contribution in [0.5, 0.6) is 5.75 Å². The van der Waals surface area contributed by atoms with Gasteiger partial charge in [0, 0.05) is 13.1 Å². The van der Waals surface area contributed by atoms with Gasteiger partial charge in [0.1, 0.15) is 16.5 Å². The highest BCUT2D eigenvalue weighted by Crippen LogP contribution is 2.29. The Labute approximate surface area is 132 Å². The predicted octanol–water partition coefficient (Wildman–Crippen LogP) is 1.91. The zero-order chi connectivity index (χ0) is 14.5. The number of likely N-dealkylation sites (N-methyl/N-ethyl adjacent to an activating group) is 1. The van der Waals surface area contributed by atoms with Gasteiger partial charge in [0.15, 0.2) is 0 Å². The van der Waals surface area contributed by atoms with E-state index in [2.05, 4.69) is 26.0 Å². The molecule has 20 heavy (non-hydrogen) atoms. The SMILES string of the molecule is CCNCCNS(=O)(=O)c1cc(F)c(Br)cc1OC.Cl. The normalized spacial score (nSPS) is 11.0. The summed E-state index contributed by atoms with van der Waals surface area (Å²) < 4.78 is 45.0. The Bertz CT molecular complexity index is 543. The lowest BCUT2D eigenvalue weighted by Crippen LogP contribution is -2.32. The molecule has 0 radical (unpaired) electrons. The lowest BCUT2D eigenvalue weighted by Gasteiger charge is -2.11. The molecule has 0 aromatic heterocycles. The molecule has 0 aliphatic rings. The van der Waals surface area contributed by atoms with Crippen LogP contribution >= 0.6 is 28.3 Å². The molecular formula is C11H17BrClFN2O3S. The first kappa shape index (κ1) is 19.6. The van der Waals surface area contributed by atoms with Crippen molar-refractivity contribution in [2.45, 2.75) is 11.8 Å². The zero-order valence-electron chi connectivity index (χ0n) is 11.1. The summed E-state index contributed by atoms with van der Waals surface area (Å²) in [5.74, 6) is -0.572. The average molecular weight is 392 g/mol. The number of sulfonamides is 1. The summed E-state index contributed by atoms with van der Waals surface area (Å²) >= 11 is 2.98. The fraction of sp³-hybridized carbons (Fsp3) is 0.455. The van der Waals surface area contributed by atoms with Gasteiger partial charge in [0.2, 0.25) is 10.0 Å². The molecule has 116 valence electrons. The van der Waals surface area contributed by atoms with Crippen LogP contribution in [0, 0.1) is 5.82 Å². The lowest BCUT2D eigenvalue weighted by atomic mass is 10.3. The number of benzene rings is 1. The van der Waals surface area contributed by atoms with Crippen LogP contribution in [-0.2, 0) is 10.0 Å². The van der Waals surface area contributed by atoms with Crippen LogP contribution in [0.3, 0.4) is 0 Å². The summed E-state index contributed by atoms with van der Waals surface area (Å²) in [5.41, 5.74) is 0. The maximum atomic E-state index is 13.5. The van der Waals surface area contributed by atoms with Crippen molar-refractivity contribution in [3.8, 4) is 5.75 Å². The minimum absolute atomic E-state index is 0. The van der Waals surface area contributed by atoms with Crippen LogP contribution in [0.25, 0.3) is 0 Å². The first-order valence-corrected chi connectivity index (χ1v) is 7.93. The molecule has 1 aromatic carbocycles. The maximum absolute atomic E-state index is 13.5. The summed E-state index contributed by atoms with van der Waals surface area (Å²) in [7, 11) is -2.47. The van der Waals surface area contributed by atoms with Gasteiger partial charge in [-0.25, -0.2) is 17.5 Å². The van der Waals surface area contributed by atoms with Crippen LogP contribution in [-0.4, -0.2) is 35.2 Å². The smallest absolute Gasteiger partial charge is 0.244 e. The summed E-state index contributed by atoms with van der Waals surface area (Å²) in [4.78, 5) is -0.216. The Kier molecular flexibility index (Phi) is 8.60. The van der Waals surface area contributed by atoms with Gasteiger partial charge in [-0.2, -0.15) is 0 Å². The molecule has 1 rings (SSSR count). The molecule has 0 bridgehead atoms. The number of halogens is 3. The Morgan fingerprint density at radius 2 is 2.00 bits per heavy atom. The van der Waals surface area contributed by atoms with Gasteiger partial charge in [0.05, 0.1) is 11.6 Å². The highest BCUT2D eigenvalue weighted by Gasteiger charge is 2.21. The Morgan fingerprint density at radius 3 is 2.55 bits per heavy atom. The Hall–Kier alpha value is -0.410.